The van der Waals surface area contributed by atoms with E-state index in [0.29, 0.717) is 16.3 Å². The molecule has 0 aliphatic rings. The summed E-state index contributed by atoms with van der Waals surface area (Å²) in [5.74, 6) is -4.33. The molecule has 0 saturated heterocycles. The number of phenols is 5. The lowest BCUT2D eigenvalue weighted by atomic mass is 9.83. The Balaban J connectivity index is 1.19. The van der Waals surface area contributed by atoms with Crippen LogP contribution in [0, 0.1) is 0 Å². The van der Waals surface area contributed by atoms with Crippen LogP contribution in [0.2, 0.25) is 0 Å². The van der Waals surface area contributed by atoms with E-state index in [2.05, 4.69) is 103 Å². The quantitative estimate of drug-likeness (QED) is 0.0675. The second-order valence-electron chi connectivity index (χ2n) is 15.1. The fraction of sp³-hybridized carbons (Fsp3) is 0. The number of benzene rings is 10. The SMILES string of the molecule is Oc1c(O)c(O)c(-c2c3ccccc3c(-c3cccc4c(-c5ccc6oc7ccccc7c6c5-c5ccc(-c6ccccc6)cc5)cccc34)c3ccccc23)c(O)c1O. The highest BCUT2D eigenvalue weighted by molar-refractivity contribution is 6.25. The van der Waals surface area contributed by atoms with Gasteiger partial charge in [0.05, 0.1) is 5.56 Å². The van der Waals surface area contributed by atoms with E-state index in [9.17, 15) is 25.5 Å². The molecule has 1 heterocycles. The zero-order valence-electron chi connectivity index (χ0n) is 31.9. The molecule has 0 spiro atoms. The van der Waals surface area contributed by atoms with Crippen LogP contribution in [-0.4, -0.2) is 25.5 Å². The first kappa shape index (κ1) is 35.0. The summed E-state index contributed by atoms with van der Waals surface area (Å²) in [6.07, 6.45) is 0. The van der Waals surface area contributed by atoms with Gasteiger partial charge in [-0.3, -0.25) is 0 Å². The van der Waals surface area contributed by atoms with Gasteiger partial charge in [-0.1, -0.05) is 158 Å². The molecule has 0 bridgehead atoms. The van der Waals surface area contributed by atoms with Crippen molar-refractivity contribution in [2.24, 2.45) is 0 Å². The first-order chi connectivity index (χ1) is 29.4. The Kier molecular flexibility index (Phi) is 7.83. The average Bonchev–Trinajstić information content (AvgIpc) is 3.69. The monoisotopic (exact) mass is 778 g/mol. The van der Waals surface area contributed by atoms with Crippen molar-refractivity contribution in [3.8, 4) is 84.4 Å². The maximum absolute atomic E-state index is 11.2. The van der Waals surface area contributed by atoms with Gasteiger partial charge in [0.25, 0.3) is 0 Å². The van der Waals surface area contributed by atoms with Crippen molar-refractivity contribution in [1.29, 1.82) is 0 Å². The van der Waals surface area contributed by atoms with Crippen LogP contribution in [0.4, 0.5) is 0 Å². The van der Waals surface area contributed by atoms with Crippen molar-refractivity contribution in [3.63, 3.8) is 0 Å². The maximum atomic E-state index is 11.2. The van der Waals surface area contributed by atoms with E-state index in [0.717, 1.165) is 88.0 Å². The third-order valence-corrected chi connectivity index (χ3v) is 11.9. The zero-order chi connectivity index (χ0) is 40.6. The molecule has 0 atom stereocenters. The molecule has 0 saturated carbocycles. The minimum absolute atomic E-state index is 0.187. The Morgan fingerprint density at radius 1 is 0.250 bits per heavy atom. The predicted molar refractivity (Wildman–Crippen MR) is 242 cm³/mol. The molecule has 1 aromatic heterocycles. The van der Waals surface area contributed by atoms with Crippen LogP contribution in [0.15, 0.2) is 180 Å². The largest absolute Gasteiger partial charge is 0.504 e. The van der Waals surface area contributed by atoms with Gasteiger partial charge in [-0.25, -0.2) is 0 Å². The Morgan fingerprint density at radius 3 is 1.35 bits per heavy atom. The molecule has 0 amide bonds. The molecule has 0 aliphatic heterocycles. The standard InChI is InChI=1S/C54H34O6/c55-50-49(51(56)53(58)54(59)52(50)57)47-39-16-6-4-14-37(39)46(38-15-5-7-17-40(38)47)36-22-11-19-33-34(36)20-10-21-35(33)41-28-29-44-48(42-18-8-9-23-43(42)60-44)45(41)32-26-24-31(25-27-32)30-12-2-1-3-13-30/h1-29,55-59H. The topological polar surface area (TPSA) is 114 Å². The molecule has 0 aliphatic carbocycles. The number of hydrogen-bond acceptors (Lipinski definition) is 6. The molecule has 10 aromatic carbocycles. The van der Waals surface area contributed by atoms with Crippen molar-refractivity contribution in [3.05, 3.63) is 176 Å². The van der Waals surface area contributed by atoms with E-state index >= 15 is 0 Å². The molecule has 11 aromatic rings. The Hall–Kier alpha value is -8.22. The molecular formula is C54H34O6. The van der Waals surface area contributed by atoms with Crippen molar-refractivity contribution in [2.75, 3.05) is 0 Å². The second-order valence-corrected chi connectivity index (χ2v) is 15.1. The summed E-state index contributed by atoms with van der Waals surface area (Å²) in [6.45, 7) is 0. The third-order valence-electron chi connectivity index (χ3n) is 11.9. The van der Waals surface area contributed by atoms with Crippen molar-refractivity contribution in [1.82, 2.24) is 0 Å². The van der Waals surface area contributed by atoms with Crippen LogP contribution in [0.25, 0.3) is 110 Å². The highest BCUT2D eigenvalue weighted by Crippen LogP contribution is 2.58. The maximum Gasteiger partial charge on any atom is 0.208 e. The number of furan rings is 1. The molecule has 11 rings (SSSR count). The van der Waals surface area contributed by atoms with E-state index in [1.165, 1.54) is 0 Å². The molecule has 60 heavy (non-hydrogen) atoms. The lowest BCUT2D eigenvalue weighted by Gasteiger charge is -2.21. The van der Waals surface area contributed by atoms with E-state index in [1.807, 2.05) is 72.8 Å². The van der Waals surface area contributed by atoms with Gasteiger partial charge in [0, 0.05) is 21.9 Å². The Bertz CT molecular complexity index is 3440. The van der Waals surface area contributed by atoms with Gasteiger partial charge in [0.2, 0.25) is 17.2 Å². The van der Waals surface area contributed by atoms with Crippen molar-refractivity contribution in [2.45, 2.75) is 0 Å². The highest BCUT2D eigenvalue weighted by Gasteiger charge is 2.28. The zero-order valence-corrected chi connectivity index (χ0v) is 31.9. The van der Waals surface area contributed by atoms with Gasteiger partial charge < -0.3 is 29.9 Å². The lowest BCUT2D eigenvalue weighted by Crippen LogP contribution is -1.93. The van der Waals surface area contributed by atoms with Crippen LogP contribution in [0.1, 0.15) is 0 Å². The minimum Gasteiger partial charge on any atom is -0.504 e. The number of para-hydroxylation sites is 1. The van der Waals surface area contributed by atoms with Gasteiger partial charge >= 0.3 is 0 Å². The second kappa shape index (κ2) is 13.4. The van der Waals surface area contributed by atoms with Gasteiger partial charge in [-0.15, -0.1) is 0 Å². The summed E-state index contributed by atoms with van der Waals surface area (Å²) in [5.41, 5.74) is 10.3. The van der Waals surface area contributed by atoms with E-state index < -0.39 is 28.7 Å². The minimum atomic E-state index is -1.00. The molecular weight excluding hydrogens is 745 g/mol. The summed E-state index contributed by atoms with van der Waals surface area (Å²) >= 11 is 0. The summed E-state index contributed by atoms with van der Waals surface area (Å²) in [5, 5.41) is 61.1. The lowest BCUT2D eigenvalue weighted by molar-refractivity contribution is 0.330. The molecule has 6 heteroatoms. The number of phenolic OH excluding ortho intramolecular Hbond substituents is 5. The number of rotatable bonds is 5. The van der Waals surface area contributed by atoms with Crippen LogP contribution >= 0.6 is 0 Å². The molecule has 0 unspecified atom stereocenters. The Morgan fingerprint density at radius 2 is 0.717 bits per heavy atom. The van der Waals surface area contributed by atoms with Gasteiger partial charge in [0.1, 0.15) is 11.2 Å². The number of aromatic hydroxyl groups is 5. The smallest absolute Gasteiger partial charge is 0.208 e. The predicted octanol–water partition coefficient (Wildman–Crippen LogP) is 13.9. The fourth-order valence-electron chi connectivity index (χ4n) is 9.17. The number of fused-ring (bicyclic) bond motifs is 6. The summed E-state index contributed by atoms with van der Waals surface area (Å²) in [7, 11) is 0. The highest BCUT2D eigenvalue weighted by atomic mass is 16.4. The molecule has 0 fully saturated rings. The first-order valence-electron chi connectivity index (χ1n) is 19.6. The van der Waals surface area contributed by atoms with Crippen molar-refractivity contribution < 1.29 is 29.9 Å². The van der Waals surface area contributed by atoms with Crippen LogP contribution in [-0.2, 0) is 0 Å². The summed E-state index contributed by atoms with van der Waals surface area (Å²) in [4.78, 5) is 0. The first-order valence-corrected chi connectivity index (χ1v) is 19.6. The Labute approximate surface area is 343 Å². The van der Waals surface area contributed by atoms with Crippen LogP contribution in [0.5, 0.6) is 28.7 Å². The van der Waals surface area contributed by atoms with Crippen LogP contribution in [0.3, 0.4) is 0 Å². The van der Waals surface area contributed by atoms with Gasteiger partial charge in [0.15, 0.2) is 11.5 Å². The molecule has 6 nitrogen and oxygen atoms in total. The molecule has 5 N–H and O–H groups in total. The average molecular weight is 779 g/mol. The normalized spacial score (nSPS) is 11.7. The molecule has 286 valence electrons. The van der Waals surface area contributed by atoms with Gasteiger partial charge in [-0.05, 0) is 89.5 Å². The van der Waals surface area contributed by atoms with Gasteiger partial charge in [-0.2, -0.15) is 0 Å². The molecule has 0 radical (unpaired) electrons. The number of hydrogen-bond donors (Lipinski definition) is 5. The third kappa shape index (κ3) is 5.14. The summed E-state index contributed by atoms with van der Waals surface area (Å²) in [6, 6.07) is 59.6. The van der Waals surface area contributed by atoms with E-state index in [-0.39, 0.29) is 5.56 Å². The van der Waals surface area contributed by atoms with E-state index in [4.69, 9.17) is 4.42 Å². The van der Waals surface area contributed by atoms with Crippen LogP contribution < -0.4 is 0 Å². The fourth-order valence-corrected chi connectivity index (χ4v) is 9.17. The van der Waals surface area contributed by atoms with E-state index in [1.54, 1.807) is 0 Å². The van der Waals surface area contributed by atoms with Crippen molar-refractivity contribution >= 4 is 54.3 Å². The summed E-state index contributed by atoms with van der Waals surface area (Å²) < 4.78 is 6.45.